The van der Waals surface area contributed by atoms with Gasteiger partial charge in [0.2, 0.25) is 5.91 Å². The number of carbonyl (C=O) groups is 2. The van der Waals surface area contributed by atoms with E-state index in [0.717, 1.165) is 57.4 Å². The highest BCUT2D eigenvalue weighted by Crippen LogP contribution is 2.43. The van der Waals surface area contributed by atoms with E-state index < -0.39 is 0 Å². The topological polar surface area (TPSA) is 76.7 Å². The summed E-state index contributed by atoms with van der Waals surface area (Å²) in [5, 5.41) is 0. The van der Waals surface area contributed by atoms with Crippen molar-refractivity contribution >= 4 is 11.8 Å². The first kappa shape index (κ1) is 19.2. The number of aromatic nitrogens is 1. The maximum absolute atomic E-state index is 12.9. The van der Waals surface area contributed by atoms with Gasteiger partial charge in [-0.3, -0.25) is 19.3 Å². The number of carbonyl (C=O) groups excluding carboxylic acids is 2. The van der Waals surface area contributed by atoms with Crippen molar-refractivity contribution in [1.82, 2.24) is 19.7 Å². The van der Waals surface area contributed by atoms with Crippen molar-refractivity contribution in [2.45, 2.75) is 45.1 Å². The lowest BCUT2D eigenvalue weighted by Crippen LogP contribution is -2.45. The lowest BCUT2D eigenvalue weighted by atomic mass is 9.76. The van der Waals surface area contributed by atoms with Crippen LogP contribution in [0.4, 0.5) is 0 Å². The van der Waals surface area contributed by atoms with Crippen LogP contribution in [0.3, 0.4) is 0 Å². The first-order valence-electron chi connectivity index (χ1n) is 10.4. The van der Waals surface area contributed by atoms with Crippen LogP contribution in [-0.4, -0.2) is 77.3 Å². The molecule has 7 nitrogen and oxygen atoms in total. The number of nitrogens with zero attached hydrogens (tertiary/aromatic N) is 3. The lowest BCUT2D eigenvalue weighted by molar-refractivity contribution is -0.134. The summed E-state index contributed by atoms with van der Waals surface area (Å²) in [6, 6.07) is 3.36. The van der Waals surface area contributed by atoms with E-state index in [1.807, 2.05) is 4.90 Å². The molecule has 28 heavy (non-hydrogen) atoms. The zero-order chi connectivity index (χ0) is 19.9. The number of hydrogen-bond acceptors (Lipinski definition) is 4. The van der Waals surface area contributed by atoms with Crippen LogP contribution in [-0.2, 0) is 4.79 Å². The Morgan fingerprint density at radius 3 is 2.39 bits per heavy atom. The van der Waals surface area contributed by atoms with Crippen LogP contribution in [0.15, 0.2) is 16.9 Å². The van der Waals surface area contributed by atoms with Crippen LogP contribution < -0.4 is 5.56 Å². The Morgan fingerprint density at radius 2 is 1.75 bits per heavy atom. The number of aromatic amines is 1. The summed E-state index contributed by atoms with van der Waals surface area (Å²) in [6.45, 7) is 5.78. The van der Waals surface area contributed by atoms with E-state index >= 15 is 0 Å². The highest BCUT2D eigenvalue weighted by molar-refractivity contribution is 5.94. The van der Waals surface area contributed by atoms with Crippen LogP contribution >= 0.6 is 0 Å². The lowest BCUT2D eigenvalue weighted by Gasteiger charge is -2.39. The fourth-order valence-electron chi connectivity index (χ4n) is 5.15. The number of amides is 2. The van der Waals surface area contributed by atoms with Crippen LogP contribution in [0, 0.1) is 12.3 Å². The largest absolute Gasteiger partial charge is 0.341 e. The first-order chi connectivity index (χ1) is 13.4. The number of likely N-dealkylation sites (N-methyl/N-ethyl adjacent to an activating group) is 1. The van der Waals surface area contributed by atoms with Crippen molar-refractivity contribution in [1.29, 1.82) is 0 Å². The number of likely N-dealkylation sites (tertiary alicyclic amines) is 3. The van der Waals surface area contributed by atoms with Crippen molar-refractivity contribution < 1.29 is 9.59 Å². The van der Waals surface area contributed by atoms with Crippen LogP contribution in [0.5, 0.6) is 0 Å². The standard InChI is InChI=1S/C21H30N4O3/c1-15-5-6-16(18(26)22-15)19(27)25-11-7-21(8-12-25)13-17(23(2)14-21)20(28)24-9-3-4-10-24/h5-6,17H,3-4,7-14H2,1-2H3,(H,22,26). The van der Waals surface area contributed by atoms with Gasteiger partial charge in [-0.1, -0.05) is 0 Å². The van der Waals surface area contributed by atoms with Gasteiger partial charge in [0.05, 0.1) is 6.04 Å². The molecule has 3 saturated heterocycles. The average Bonchev–Trinajstić information content (AvgIpc) is 3.30. The molecule has 1 N–H and O–H groups in total. The summed E-state index contributed by atoms with van der Waals surface area (Å²) >= 11 is 0. The second-order valence-corrected chi connectivity index (χ2v) is 8.84. The summed E-state index contributed by atoms with van der Waals surface area (Å²) in [4.78, 5) is 46.5. The summed E-state index contributed by atoms with van der Waals surface area (Å²) in [5.74, 6) is 0.0914. The van der Waals surface area contributed by atoms with Gasteiger partial charge in [0.15, 0.2) is 0 Å². The molecule has 0 radical (unpaired) electrons. The van der Waals surface area contributed by atoms with E-state index in [0.29, 0.717) is 13.1 Å². The Kier molecular flexibility index (Phi) is 5.04. The number of pyridine rings is 1. The zero-order valence-electron chi connectivity index (χ0n) is 16.9. The molecule has 0 aliphatic carbocycles. The smallest absolute Gasteiger partial charge is 0.260 e. The molecule has 1 aromatic rings. The molecule has 4 rings (SSSR count). The molecular formula is C21H30N4O3. The Balaban J connectivity index is 1.40. The van der Waals surface area contributed by atoms with Crippen molar-refractivity contribution in [2.24, 2.45) is 5.41 Å². The fourth-order valence-corrected chi connectivity index (χ4v) is 5.15. The van der Waals surface area contributed by atoms with Gasteiger partial charge in [-0.2, -0.15) is 0 Å². The van der Waals surface area contributed by atoms with Crippen molar-refractivity contribution in [3.8, 4) is 0 Å². The normalized spacial score (nSPS) is 24.9. The maximum Gasteiger partial charge on any atom is 0.260 e. The van der Waals surface area contributed by atoms with E-state index in [4.69, 9.17) is 0 Å². The van der Waals surface area contributed by atoms with Gasteiger partial charge in [-0.05, 0) is 63.6 Å². The summed E-state index contributed by atoms with van der Waals surface area (Å²) in [7, 11) is 2.05. The van der Waals surface area contributed by atoms with Gasteiger partial charge in [0.1, 0.15) is 5.56 Å². The molecule has 3 aliphatic heterocycles. The number of nitrogens with one attached hydrogen (secondary N) is 1. The fraction of sp³-hybridized carbons (Fsp3) is 0.667. The molecule has 1 spiro atoms. The molecule has 4 heterocycles. The SMILES string of the molecule is Cc1ccc(C(=O)N2CCC3(CC2)CC(C(=O)N2CCCC2)N(C)C3)c(=O)[nH]1. The second kappa shape index (κ2) is 7.35. The predicted molar refractivity (Wildman–Crippen MR) is 106 cm³/mol. The second-order valence-electron chi connectivity index (χ2n) is 8.84. The van der Waals surface area contributed by atoms with Crippen molar-refractivity contribution in [3.05, 3.63) is 33.7 Å². The number of piperidine rings is 1. The van der Waals surface area contributed by atoms with Gasteiger partial charge in [-0.25, -0.2) is 0 Å². The maximum atomic E-state index is 12.9. The van der Waals surface area contributed by atoms with Crippen LogP contribution in [0.2, 0.25) is 0 Å². The highest BCUT2D eigenvalue weighted by atomic mass is 16.2. The van der Waals surface area contributed by atoms with Crippen molar-refractivity contribution in [2.75, 3.05) is 39.8 Å². The van der Waals surface area contributed by atoms with Gasteiger partial charge < -0.3 is 14.8 Å². The monoisotopic (exact) mass is 386 g/mol. The minimum Gasteiger partial charge on any atom is -0.341 e. The average molecular weight is 386 g/mol. The number of hydrogen-bond donors (Lipinski definition) is 1. The predicted octanol–water partition coefficient (Wildman–Crippen LogP) is 1.23. The molecule has 2 amide bonds. The third kappa shape index (κ3) is 3.48. The summed E-state index contributed by atoms with van der Waals surface area (Å²) in [5.41, 5.74) is 0.752. The van der Waals surface area contributed by atoms with Gasteiger partial charge in [-0.15, -0.1) is 0 Å². The number of H-pyrrole nitrogens is 1. The summed E-state index contributed by atoms with van der Waals surface area (Å²) in [6.07, 6.45) is 4.88. The molecule has 3 fully saturated rings. The molecule has 1 unspecified atom stereocenters. The Morgan fingerprint density at radius 1 is 1.07 bits per heavy atom. The molecule has 7 heteroatoms. The quantitative estimate of drug-likeness (QED) is 0.830. The first-order valence-corrected chi connectivity index (χ1v) is 10.4. The Hall–Kier alpha value is -2.15. The third-order valence-corrected chi connectivity index (χ3v) is 6.84. The Labute approximate surface area is 165 Å². The van der Waals surface area contributed by atoms with Crippen LogP contribution in [0.25, 0.3) is 0 Å². The van der Waals surface area contributed by atoms with E-state index in [1.54, 1.807) is 24.0 Å². The van der Waals surface area contributed by atoms with Gasteiger partial charge in [0, 0.05) is 38.4 Å². The van der Waals surface area contributed by atoms with Crippen LogP contribution in [0.1, 0.15) is 48.2 Å². The Bertz CT molecular complexity index is 819. The zero-order valence-corrected chi connectivity index (χ0v) is 16.9. The third-order valence-electron chi connectivity index (χ3n) is 6.84. The minimum absolute atomic E-state index is 0.0275. The van der Waals surface area contributed by atoms with E-state index in [2.05, 4.69) is 16.9 Å². The van der Waals surface area contributed by atoms with E-state index in [-0.39, 0.29) is 34.4 Å². The minimum atomic E-state index is -0.317. The molecule has 1 aromatic heterocycles. The molecule has 0 saturated carbocycles. The number of aryl methyl sites for hydroxylation is 1. The number of rotatable bonds is 2. The molecular weight excluding hydrogens is 356 g/mol. The van der Waals surface area contributed by atoms with Crippen molar-refractivity contribution in [3.63, 3.8) is 0 Å². The summed E-state index contributed by atoms with van der Waals surface area (Å²) < 4.78 is 0. The van der Waals surface area contributed by atoms with Gasteiger partial charge >= 0.3 is 0 Å². The molecule has 0 aromatic carbocycles. The molecule has 152 valence electrons. The van der Waals surface area contributed by atoms with E-state index in [1.165, 1.54) is 0 Å². The highest BCUT2D eigenvalue weighted by Gasteiger charge is 2.48. The molecule has 3 aliphatic rings. The van der Waals surface area contributed by atoms with Gasteiger partial charge in [0.25, 0.3) is 11.5 Å². The molecule has 1 atom stereocenters. The van der Waals surface area contributed by atoms with E-state index in [9.17, 15) is 14.4 Å². The molecule has 0 bridgehead atoms.